The fraction of sp³-hybridized carbons (Fsp3) is 0.400. The summed E-state index contributed by atoms with van der Waals surface area (Å²) in [7, 11) is 11.5. The van der Waals surface area contributed by atoms with Crippen LogP contribution >= 0.6 is 0 Å². The third-order valence-corrected chi connectivity index (χ3v) is 2.83. The number of ether oxygens (including phenoxy) is 1. The Balaban J connectivity index is 2.65. The van der Waals surface area contributed by atoms with Gasteiger partial charge < -0.3 is 4.74 Å². The van der Waals surface area contributed by atoms with Crippen molar-refractivity contribution in [1.29, 1.82) is 0 Å². The third-order valence-electron chi connectivity index (χ3n) is 2.83. The van der Waals surface area contributed by atoms with Crippen LogP contribution in [-0.2, 0) is 0 Å². The van der Waals surface area contributed by atoms with Gasteiger partial charge in [0, 0.05) is 14.1 Å². The first-order valence-corrected chi connectivity index (χ1v) is 4.77. The Hall–Kier alpha value is -1.36. The Morgan fingerprint density at radius 3 is 2.67 bits per heavy atom. The molecule has 1 aliphatic rings. The molecule has 0 bridgehead atoms. The van der Waals surface area contributed by atoms with Crippen molar-refractivity contribution in [3.05, 3.63) is 11.6 Å². The quantitative estimate of drug-likeness (QED) is 0.669. The molecule has 0 saturated carbocycles. The van der Waals surface area contributed by atoms with Crippen LogP contribution in [0, 0.1) is 6.92 Å². The number of anilines is 2. The summed E-state index contributed by atoms with van der Waals surface area (Å²) in [5, 5.41) is 3.88. The molecule has 78 valence electrons. The SMILES string of the molecule is [B]c1cc(OC)c2c(c1C)NN(C)N2C. The van der Waals surface area contributed by atoms with Gasteiger partial charge in [-0.1, -0.05) is 5.46 Å². The number of benzene rings is 1. The maximum atomic E-state index is 5.90. The highest BCUT2D eigenvalue weighted by Gasteiger charge is 2.26. The van der Waals surface area contributed by atoms with Crippen molar-refractivity contribution in [2.24, 2.45) is 0 Å². The van der Waals surface area contributed by atoms with Crippen molar-refractivity contribution >= 4 is 24.7 Å². The minimum atomic E-state index is 0.738. The Morgan fingerprint density at radius 2 is 2.07 bits per heavy atom. The van der Waals surface area contributed by atoms with E-state index in [0.29, 0.717) is 0 Å². The normalized spacial score (nSPS) is 15.1. The van der Waals surface area contributed by atoms with Crippen LogP contribution in [0.3, 0.4) is 0 Å². The number of nitrogens with one attached hydrogen (secondary N) is 1. The summed E-state index contributed by atoms with van der Waals surface area (Å²) in [4.78, 5) is 0. The molecule has 1 aromatic carbocycles. The van der Waals surface area contributed by atoms with Gasteiger partial charge in [-0.15, -0.1) is 5.12 Å². The highest BCUT2D eigenvalue weighted by atomic mass is 16.5. The maximum Gasteiger partial charge on any atom is 0.145 e. The predicted octanol–water partition coefficient (Wildman–Crippen LogP) is 0.421. The van der Waals surface area contributed by atoms with E-state index in [4.69, 9.17) is 12.6 Å². The Labute approximate surface area is 91.2 Å². The highest BCUT2D eigenvalue weighted by molar-refractivity contribution is 6.34. The predicted molar refractivity (Wildman–Crippen MR) is 62.9 cm³/mol. The molecular formula is C10H14BN3O. The summed E-state index contributed by atoms with van der Waals surface area (Å²) in [5.74, 6) is 0.785. The number of methoxy groups -OCH3 is 1. The Kier molecular flexibility index (Phi) is 2.27. The molecule has 1 aliphatic heterocycles. The van der Waals surface area contributed by atoms with Crippen molar-refractivity contribution in [1.82, 2.24) is 5.12 Å². The lowest BCUT2D eigenvalue weighted by Gasteiger charge is -2.21. The molecular weight excluding hydrogens is 189 g/mol. The van der Waals surface area contributed by atoms with Crippen LogP contribution in [0.2, 0.25) is 0 Å². The molecule has 0 amide bonds. The van der Waals surface area contributed by atoms with Gasteiger partial charge in [0.2, 0.25) is 0 Å². The molecule has 0 fully saturated rings. The van der Waals surface area contributed by atoms with Gasteiger partial charge in [-0.3, -0.25) is 10.4 Å². The van der Waals surface area contributed by atoms with Gasteiger partial charge in [0.15, 0.2) is 0 Å². The number of rotatable bonds is 1. The van der Waals surface area contributed by atoms with E-state index in [1.54, 1.807) is 7.11 Å². The van der Waals surface area contributed by atoms with Gasteiger partial charge in [-0.2, -0.15) is 0 Å². The van der Waals surface area contributed by atoms with E-state index in [0.717, 1.165) is 28.2 Å². The van der Waals surface area contributed by atoms with E-state index in [1.807, 2.05) is 37.2 Å². The highest BCUT2D eigenvalue weighted by Crippen LogP contribution is 2.41. The number of fused-ring (bicyclic) bond motifs is 1. The van der Waals surface area contributed by atoms with E-state index in [-0.39, 0.29) is 0 Å². The van der Waals surface area contributed by atoms with E-state index < -0.39 is 0 Å². The lowest BCUT2D eigenvalue weighted by Crippen LogP contribution is -2.34. The second kappa shape index (κ2) is 3.34. The summed E-state index contributed by atoms with van der Waals surface area (Å²) in [6, 6.07) is 1.85. The van der Waals surface area contributed by atoms with Crippen LogP contribution in [0.4, 0.5) is 11.4 Å². The van der Waals surface area contributed by atoms with E-state index >= 15 is 0 Å². The Bertz CT molecular complexity index is 408. The van der Waals surface area contributed by atoms with E-state index in [1.165, 1.54) is 0 Å². The lowest BCUT2D eigenvalue weighted by molar-refractivity contribution is 0.391. The second-order valence-corrected chi connectivity index (χ2v) is 3.68. The zero-order valence-corrected chi connectivity index (χ0v) is 9.46. The van der Waals surface area contributed by atoms with Gasteiger partial charge in [0.05, 0.1) is 12.8 Å². The van der Waals surface area contributed by atoms with Crippen LogP contribution in [0.15, 0.2) is 6.07 Å². The molecule has 1 heterocycles. The fourth-order valence-corrected chi connectivity index (χ4v) is 1.76. The first-order chi connectivity index (χ1) is 7.06. The summed E-state index contributed by atoms with van der Waals surface area (Å²) in [6.45, 7) is 1.99. The minimum absolute atomic E-state index is 0.738. The standard InChI is InChI=1S/C10H14BN3O/c1-6-7(11)5-8(15-4)10-9(6)12-14(3)13(10)2/h5,12H,1-4H3. The van der Waals surface area contributed by atoms with Crippen LogP contribution in [0.25, 0.3) is 0 Å². The lowest BCUT2D eigenvalue weighted by atomic mass is 9.89. The summed E-state index contributed by atoms with van der Waals surface area (Å²) >= 11 is 0. The van der Waals surface area contributed by atoms with E-state index in [2.05, 4.69) is 5.43 Å². The first kappa shape index (κ1) is 10.2. The molecule has 1 N–H and O–H groups in total. The number of nitrogens with zero attached hydrogens (tertiary/aromatic N) is 2. The molecule has 0 unspecified atom stereocenters. The van der Waals surface area contributed by atoms with Crippen molar-refractivity contribution in [2.75, 3.05) is 31.6 Å². The van der Waals surface area contributed by atoms with Gasteiger partial charge in [0.25, 0.3) is 0 Å². The van der Waals surface area contributed by atoms with Gasteiger partial charge in [-0.05, 0) is 18.6 Å². The molecule has 15 heavy (non-hydrogen) atoms. The average Bonchev–Trinajstić information content (AvgIpc) is 2.50. The van der Waals surface area contributed by atoms with Gasteiger partial charge in [0.1, 0.15) is 19.3 Å². The van der Waals surface area contributed by atoms with Crippen molar-refractivity contribution < 1.29 is 4.74 Å². The third kappa shape index (κ3) is 1.34. The molecule has 0 atom stereocenters. The molecule has 5 heteroatoms. The maximum absolute atomic E-state index is 5.90. The molecule has 2 rings (SSSR count). The van der Waals surface area contributed by atoms with Crippen molar-refractivity contribution in [3.63, 3.8) is 0 Å². The summed E-state index contributed by atoms with van der Waals surface area (Å²) < 4.78 is 5.32. The van der Waals surface area contributed by atoms with Crippen LogP contribution in [0.1, 0.15) is 5.56 Å². The summed E-state index contributed by atoms with van der Waals surface area (Å²) in [5.41, 5.74) is 7.04. The molecule has 0 aromatic heterocycles. The fourth-order valence-electron chi connectivity index (χ4n) is 1.76. The minimum Gasteiger partial charge on any atom is -0.494 e. The van der Waals surface area contributed by atoms with Gasteiger partial charge >= 0.3 is 0 Å². The first-order valence-electron chi connectivity index (χ1n) is 4.77. The van der Waals surface area contributed by atoms with E-state index in [9.17, 15) is 0 Å². The molecule has 4 nitrogen and oxygen atoms in total. The number of hydrogen-bond acceptors (Lipinski definition) is 4. The average molecular weight is 203 g/mol. The summed E-state index contributed by atoms with van der Waals surface area (Å²) in [6.07, 6.45) is 0. The number of hydrogen-bond donors (Lipinski definition) is 1. The van der Waals surface area contributed by atoms with Crippen molar-refractivity contribution in [3.8, 4) is 5.75 Å². The molecule has 0 spiro atoms. The smallest absolute Gasteiger partial charge is 0.145 e. The van der Waals surface area contributed by atoms with Gasteiger partial charge in [-0.25, -0.2) is 0 Å². The van der Waals surface area contributed by atoms with Crippen LogP contribution in [-0.4, -0.2) is 34.2 Å². The number of hydrazine groups is 2. The largest absolute Gasteiger partial charge is 0.494 e. The monoisotopic (exact) mass is 203 g/mol. The topological polar surface area (TPSA) is 27.7 Å². The Morgan fingerprint density at radius 1 is 1.40 bits per heavy atom. The second-order valence-electron chi connectivity index (χ2n) is 3.68. The van der Waals surface area contributed by atoms with Crippen LogP contribution < -0.4 is 20.6 Å². The zero-order chi connectivity index (χ0) is 11.2. The molecule has 0 aliphatic carbocycles. The molecule has 2 radical (unpaired) electrons. The molecule has 0 saturated heterocycles. The molecule has 1 aromatic rings. The van der Waals surface area contributed by atoms with Crippen LogP contribution in [0.5, 0.6) is 5.75 Å². The zero-order valence-electron chi connectivity index (χ0n) is 9.46. The van der Waals surface area contributed by atoms with Crippen molar-refractivity contribution in [2.45, 2.75) is 6.92 Å².